The van der Waals surface area contributed by atoms with Gasteiger partial charge in [-0.1, -0.05) is 113 Å². The number of aliphatic hydroxyl groups is 1. The zero-order valence-corrected chi connectivity index (χ0v) is 45.5. The van der Waals surface area contributed by atoms with Crippen LogP contribution in [0.2, 0.25) is 0 Å². The number of nitrogens with one attached hydrogen (secondary N) is 9. The van der Waals surface area contributed by atoms with Crippen LogP contribution in [0.4, 0.5) is 10.5 Å². The molecule has 1 fully saturated rings. The highest BCUT2D eigenvalue weighted by Crippen LogP contribution is 2.24. The summed E-state index contributed by atoms with van der Waals surface area (Å²) in [5, 5.41) is 43.0. The zero-order chi connectivity index (χ0) is 57.7. The number of hydrogen-bond acceptors (Lipinski definition) is 14. The number of para-hydroxylation sites is 1. The van der Waals surface area contributed by atoms with Crippen LogP contribution in [0.5, 0.6) is 0 Å². The molecule has 17 N–H and O–H groups in total. The molecule has 9 amide bonds. The number of carboxylic acid groups (broad SMARTS) is 1. The number of aromatic nitrogens is 1. The number of nitrogens with two attached hydrogens (primary N) is 3. The number of benzene rings is 4. The highest BCUT2D eigenvalue weighted by molar-refractivity contribution is 8.76. The number of aliphatic hydroxyl groups excluding tert-OH is 1. The van der Waals surface area contributed by atoms with E-state index in [0.717, 1.165) is 32.5 Å². The summed E-state index contributed by atoms with van der Waals surface area (Å²) < 4.78 is 0. The first-order chi connectivity index (χ1) is 38.4. The van der Waals surface area contributed by atoms with Gasteiger partial charge < -0.3 is 74.9 Å². The molecular weight excluding hydrogens is 1070 g/mol. The van der Waals surface area contributed by atoms with Gasteiger partial charge in [-0.2, -0.15) is 0 Å². The van der Waals surface area contributed by atoms with E-state index in [1.807, 2.05) is 18.2 Å². The summed E-state index contributed by atoms with van der Waals surface area (Å²) in [7, 11) is 1.87. The number of urea groups is 1. The molecule has 9 atom stereocenters. The number of rotatable bonds is 15. The van der Waals surface area contributed by atoms with E-state index in [9.17, 15) is 53.4 Å². The zero-order valence-electron chi connectivity index (χ0n) is 43.9. The second-order valence-electron chi connectivity index (χ2n) is 19.2. The summed E-state index contributed by atoms with van der Waals surface area (Å²) in [6, 6.07) is 17.9. The standard InChI is InChI=1S/C55H68N12O11S2/c1-31(68)46-53(75)64-42(25-33-14-6-3-7-15-33)50(72)65-45(54(76)77)30-80-79-29-44(66-55(58)78)52(74)62-40(24-32-12-4-2-5-13-32)48(70)61-41(26-34-19-21-36(57)22-20-34)49(71)63-43(27-35-28-59-38-17-9-8-16-37(35)38)51(73)60-39(47(69)67-46)18-10-11-23-56/h2-9,12-17,19-22,28,31,39-46,59,68H,10-11,18,23-27,29-30,56-57H2,1H3,(H,60,73)(H,61,70)(H,62,74)(H,63,71)(H,64,75)(H,65,72)(H,67,69)(H,76,77)(H3,58,66,78)/t31-,39+,40+,41+,42+,43-,44+,45+,46+/m1/s1. The first-order valence-electron chi connectivity index (χ1n) is 25.9. The molecule has 23 nitrogen and oxygen atoms in total. The first-order valence-corrected chi connectivity index (χ1v) is 28.4. The van der Waals surface area contributed by atoms with Gasteiger partial charge in [-0.25, -0.2) is 9.59 Å². The van der Waals surface area contributed by atoms with Crippen LogP contribution in [0.25, 0.3) is 10.9 Å². The number of carboxylic acids is 1. The third kappa shape index (κ3) is 18.5. The lowest BCUT2D eigenvalue weighted by Gasteiger charge is -2.29. The van der Waals surface area contributed by atoms with Gasteiger partial charge in [0, 0.05) is 60.0 Å². The van der Waals surface area contributed by atoms with E-state index in [1.54, 1.807) is 97.2 Å². The number of amides is 9. The molecule has 2 heterocycles. The molecule has 0 bridgehead atoms. The number of nitrogen functional groups attached to an aromatic ring is 1. The lowest BCUT2D eigenvalue weighted by atomic mass is 10.00. The Morgan fingerprint density at radius 1 is 0.588 bits per heavy atom. The minimum Gasteiger partial charge on any atom is -0.480 e. The van der Waals surface area contributed by atoms with Crippen molar-refractivity contribution in [2.45, 2.75) is 106 Å². The lowest BCUT2D eigenvalue weighted by Crippen LogP contribution is -2.62. The normalized spacial score (nSPS) is 23.0. The Hall–Kier alpha value is -8.13. The summed E-state index contributed by atoms with van der Waals surface area (Å²) in [6.45, 7) is 1.46. The highest BCUT2D eigenvalue weighted by atomic mass is 33.1. The molecule has 0 aliphatic carbocycles. The number of unbranched alkanes of at least 4 members (excludes halogenated alkanes) is 1. The van der Waals surface area contributed by atoms with E-state index in [1.165, 1.54) is 6.92 Å². The number of anilines is 1. The molecule has 426 valence electrons. The van der Waals surface area contributed by atoms with Crippen molar-refractivity contribution in [2.24, 2.45) is 11.5 Å². The van der Waals surface area contributed by atoms with Gasteiger partial charge in [0.15, 0.2) is 0 Å². The Morgan fingerprint density at radius 2 is 1.06 bits per heavy atom. The molecule has 0 spiro atoms. The molecule has 1 aromatic heterocycles. The molecule has 1 saturated heterocycles. The predicted octanol–water partition coefficient (Wildman–Crippen LogP) is 0.441. The maximum atomic E-state index is 15.0. The van der Waals surface area contributed by atoms with Crippen LogP contribution >= 0.6 is 21.6 Å². The van der Waals surface area contributed by atoms with Crippen molar-refractivity contribution in [3.8, 4) is 0 Å². The maximum absolute atomic E-state index is 15.0. The molecule has 0 saturated carbocycles. The molecular formula is C55H68N12O11S2. The van der Waals surface area contributed by atoms with E-state index in [0.29, 0.717) is 40.8 Å². The number of H-pyrrole nitrogens is 1. The lowest BCUT2D eigenvalue weighted by molar-refractivity contribution is -0.141. The molecule has 6 rings (SSSR count). The quantitative estimate of drug-likeness (QED) is 0.0384. The summed E-state index contributed by atoms with van der Waals surface area (Å²) in [5.74, 6) is -8.24. The van der Waals surface area contributed by atoms with Crippen LogP contribution in [-0.2, 0) is 64.0 Å². The van der Waals surface area contributed by atoms with Crippen molar-refractivity contribution in [1.29, 1.82) is 0 Å². The van der Waals surface area contributed by atoms with E-state index < -0.39 is 108 Å². The fraction of sp³-hybridized carbons (Fsp3) is 0.364. The Balaban J connectivity index is 1.43. The third-order valence-corrected chi connectivity index (χ3v) is 15.5. The van der Waals surface area contributed by atoms with Crippen LogP contribution < -0.4 is 59.7 Å². The van der Waals surface area contributed by atoms with Gasteiger partial charge in [-0.05, 0) is 73.2 Å². The van der Waals surface area contributed by atoms with Gasteiger partial charge in [0.05, 0.1) is 6.10 Å². The molecule has 1 aliphatic heterocycles. The fourth-order valence-electron chi connectivity index (χ4n) is 8.75. The minimum atomic E-state index is -1.73. The van der Waals surface area contributed by atoms with Gasteiger partial charge >= 0.3 is 12.0 Å². The minimum absolute atomic E-state index is 0.0251. The third-order valence-electron chi connectivity index (χ3n) is 13.1. The van der Waals surface area contributed by atoms with Gasteiger partial charge in [0.2, 0.25) is 41.4 Å². The molecule has 5 aromatic rings. The van der Waals surface area contributed by atoms with Crippen molar-refractivity contribution in [2.75, 3.05) is 23.8 Å². The number of carbonyl (C=O) groups is 9. The number of carbonyl (C=O) groups excluding carboxylic acids is 8. The fourth-order valence-corrected chi connectivity index (χ4v) is 11.1. The second-order valence-corrected chi connectivity index (χ2v) is 21.8. The molecule has 25 heteroatoms. The van der Waals surface area contributed by atoms with Crippen molar-refractivity contribution in [3.05, 3.63) is 138 Å². The summed E-state index contributed by atoms with van der Waals surface area (Å²) >= 11 is 0. The Labute approximate surface area is 469 Å². The largest absolute Gasteiger partial charge is 0.480 e. The van der Waals surface area contributed by atoms with Crippen molar-refractivity contribution in [3.63, 3.8) is 0 Å². The molecule has 1 aliphatic rings. The Morgan fingerprint density at radius 3 is 1.61 bits per heavy atom. The van der Waals surface area contributed by atoms with E-state index in [2.05, 4.69) is 47.5 Å². The highest BCUT2D eigenvalue weighted by Gasteiger charge is 2.37. The average Bonchev–Trinajstić information content (AvgIpc) is 3.86. The smallest absolute Gasteiger partial charge is 0.327 e. The average molecular weight is 1140 g/mol. The van der Waals surface area contributed by atoms with Crippen molar-refractivity contribution in [1.82, 2.24) is 47.5 Å². The van der Waals surface area contributed by atoms with Gasteiger partial charge in [0.1, 0.15) is 48.3 Å². The molecule has 80 heavy (non-hydrogen) atoms. The van der Waals surface area contributed by atoms with Gasteiger partial charge in [-0.15, -0.1) is 0 Å². The maximum Gasteiger partial charge on any atom is 0.327 e. The Bertz CT molecular complexity index is 2930. The predicted molar refractivity (Wildman–Crippen MR) is 304 cm³/mol. The van der Waals surface area contributed by atoms with Crippen LogP contribution in [-0.4, -0.2) is 141 Å². The molecule has 0 unspecified atom stereocenters. The SMILES string of the molecule is C[C@@H](O)[C@@H]1NC(=O)[C@H](CCCCN)NC(=O)[C@@H](Cc2c[nH]c3ccccc23)NC(=O)[C@H](Cc2ccc(N)cc2)NC(=O)[C@H](Cc2ccccc2)NC(=O)[C@@H](NC(N)=O)CSSC[C@@H](C(=O)O)NC(=O)[C@H](Cc2ccccc2)NC1=O. The van der Waals surface area contributed by atoms with Gasteiger partial charge in [0.25, 0.3) is 0 Å². The first kappa shape index (κ1) is 61.1. The summed E-state index contributed by atoms with van der Waals surface area (Å²) in [6.07, 6.45) is 0.213. The Kier molecular flexibility index (Phi) is 23.1. The second kappa shape index (κ2) is 30.3. The van der Waals surface area contributed by atoms with E-state index in [4.69, 9.17) is 17.2 Å². The van der Waals surface area contributed by atoms with Crippen LogP contribution in [0.3, 0.4) is 0 Å². The summed E-state index contributed by atoms with van der Waals surface area (Å²) in [4.78, 5) is 130. The number of hydrogen-bond donors (Lipinski definition) is 14. The van der Waals surface area contributed by atoms with Gasteiger partial charge in [-0.3, -0.25) is 33.6 Å². The van der Waals surface area contributed by atoms with Crippen molar-refractivity contribution < 1.29 is 53.4 Å². The number of primary amides is 1. The van der Waals surface area contributed by atoms with Crippen molar-refractivity contribution >= 4 is 91.5 Å². The number of aliphatic carboxylic acids is 1. The van der Waals surface area contributed by atoms with Crippen LogP contribution in [0, 0.1) is 0 Å². The van der Waals surface area contributed by atoms with Crippen LogP contribution in [0.15, 0.2) is 115 Å². The summed E-state index contributed by atoms with van der Waals surface area (Å²) in [5.41, 5.74) is 20.8. The van der Waals surface area contributed by atoms with E-state index >= 15 is 0 Å². The monoisotopic (exact) mass is 1140 g/mol. The van der Waals surface area contributed by atoms with Crippen LogP contribution in [0.1, 0.15) is 48.4 Å². The topological polar surface area (TPSA) is 384 Å². The molecule has 4 aromatic carbocycles. The molecule has 0 radical (unpaired) electrons. The number of aromatic amines is 1. The van der Waals surface area contributed by atoms with E-state index in [-0.39, 0.29) is 50.2 Å². The number of fused-ring (bicyclic) bond motifs is 1.